The van der Waals surface area contributed by atoms with Crippen molar-refractivity contribution in [3.05, 3.63) is 35.2 Å². The molecule has 24 heavy (non-hydrogen) atoms. The van der Waals surface area contributed by atoms with Gasteiger partial charge in [-0.3, -0.25) is 4.79 Å². The average molecular weight is 327 g/mol. The average Bonchev–Trinajstić information content (AvgIpc) is 3.12. The third-order valence-electron chi connectivity index (χ3n) is 3.92. The predicted octanol–water partition coefficient (Wildman–Crippen LogP) is 3.88. The fourth-order valence-corrected chi connectivity index (χ4v) is 2.51. The highest BCUT2D eigenvalue weighted by molar-refractivity contribution is 5.90. The normalized spacial score (nSPS) is 11.4. The molecule has 0 saturated heterocycles. The van der Waals surface area contributed by atoms with Crippen molar-refractivity contribution in [1.82, 2.24) is 15.5 Å². The molecule has 1 N–H and O–H groups in total. The van der Waals surface area contributed by atoms with Gasteiger partial charge >= 0.3 is 11.8 Å². The zero-order valence-corrected chi connectivity index (χ0v) is 14.3. The van der Waals surface area contributed by atoms with Gasteiger partial charge in [-0.15, -0.1) is 0 Å². The number of carbonyl (C=O) groups excluding carboxylic acids is 1. The van der Waals surface area contributed by atoms with Gasteiger partial charge in [0.25, 0.3) is 0 Å². The molecule has 3 rings (SSSR count). The molecule has 126 valence electrons. The van der Waals surface area contributed by atoms with Crippen molar-refractivity contribution in [2.75, 3.05) is 6.54 Å². The molecule has 0 fully saturated rings. The largest absolute Gasteiger partial charge is 0.452 e. The Morgan fingerprint density at radius 2 is 2.08 bits per heavy atom. The minimum atomic E-state index is -0.362. The van der Waals surface area contributed by atoms with Crippen LogP contribution in [0.5, 0.6) is 0 Å². The maximum Gasteiger partial charge on any atom is 0.316 e. The fourth-order valence-electron chi connectivity index (χ4n) is 2.51. The molecule has 0 radical (unpaired) electrons. The molecule has 2 aromatic heterocycles. The van der Waals surface area contributed by atoms with E-state index in [0.29, 0.717) is 18.2 Å². The summed E-state index contributed by atoms with van der Waals surface area (Å²) in [4.78, 5) is 16.2. The van der Waals surface area contributed by atoms with Gasteiger partial charge in [0.05, 0.1) is 0 Å². The molecule has 0 aliphatic carbocycles. The number of rotatable bonds is 5. The molecule has 3 aromatic rings. The molecule has 0 unspecified atom stereocenters. The van der Waals surface area contributed by atoms with Gasteiger partial charge < -0.3 is 14.3 Å². The summed E-state index contributed by atoms with van der Waals surface area (Å²) >= 11 is 0. The number of aromatic nitrogens is 2. The van der Waals surface area contributed by atoms with Crippen molar-refractivity contribution in [2.24, 2.45) is 5.92 Å². The summed E-state index contributed by atoms with van der Waals surface area (Å²) in [7, 11) is 0. The van der Waals surface area contributed by atoms with Crippen LogP contribution in [0.3, 0.4) is 0 Å². The molecular formula is C18H21N3O3. The molecule has 0 saturated carbocycles. The van der Waals surface area contributed by atoms with Crippen molar-refractivity contribution in [2.45, 2.75) is 34.1 Å². The zero-order valence-electron chi connectivity index (χ0n) is 14.3. The van der Waals surface area contributed by atoms with Gasteiger partial charge in [-0.2, -0.15) is 4.98 Å². The lowest BCUT2D eigenvalue weighted by molar-refractivity contribution is 0.0908. The molecule has 2 heterocycles. The highest BCUT2D eigenvalue weighted by atomic mass is 16.5. The molecule has 0 bridgehead atoms. The Kier molecular flexibility index (Phi) is 4.38. The Bertz CT molecular complexity index is 877. The van der Waals surface area contributed by atoms with Crippen molar-refractivity contribution in [1.29, 1.82) is 0 Å². The van der Waals surface area contributed by atoms with E-state index in [-0.39, 0.29) is 17.6 Å². The predicted molar refractivity (Wildman–Crippen MR) is 90.8 cm³/mol. The van der Waals surface area contributed by atoms with Gasteiger partial charge in [-0.05, 0) is 38.3 Å². The van der Waals surface area contributed by atoms with Gasteiger partial charge in [0.15, 0.2) is 5.76 Å². The fraction of sp³-hybridized carbons (Fsp3) is 0.389. The van der Waals surface area contributed by atoms with Gasteiger partial charge in [0.1, 0.15) is 5.58 Å². The Labute approximate surface area is 140 Å². The first-order chi connectivity index (χ1) is 11.5. The number of nitrogens with zero attached hydrogens (tertiary/aromatic N) is 2. The number of fused-ring (bicyclic) bond motifs is 1. The van der Waals surface area contributed by atoms with Crippen LogP contribution in [-0.4, -0.2) is 22.6 Å². The lowest BCUT2D eigenvalue weighted by atomic mass is 10.1. The maximum atomic E-state index is 12.0. The molecule has 0 atom stereocenters. The van der Waals surface area contributed by atoms with Crippen LogP contribution in [0.2, 0.25) is 0 Å². The van der Waals surface area contributed by atoms with Crippen LogP contribution in [0.25, 0.3) is 22.6 Å². The van der Waals surface area contributed by atoms with Crippen molar-refractivity contribution >= 4 is 16.9 Å². The summed E-state index contributed by atoms with van der Waals surface area (Å²) < 4.78 is 10.9. The van der Waals surface area contributed by atoms with E-state index in [0.717, 1.165) is 28.5 Å². The van der Waals surface area contributed by atoms with Crippen LogP contribution in [-0.2, 0) is 0 Å². The lowest BCUT2D eigenvalue weighted by Gasteiger charge is -2.04. The van der Waals surface area contributed by atoms with Gasteiger partial charge in [-0.1, -0.05) is 30.6 Å². The monoisotopic (exact) mass is 327 g/mol. The number of aryl methyl sites for hydroxylation is 2. The SMILES string of the molecule is Cc1ccc2oc(-c3noc(C(=O)NCCC(C)C)n3)c(C)c2c1. The number of furan rings is 1. The van der Waals surface area contributed by atoms with Crippen LogP contribution >= 0.6 is 0 Å². The van der Waals surface area contributed by atoms with E-state index in [9.17, 15) is 4.79 Å². The smallest absolute Gasteiger partial charge is 0.316 e. The molecule has 1 aromatic carbocycles. The summed E-state index contributed by atoms with van der Waals surface area (Å²) in [6, 6.07) is 5.96. The van der Waals surface area contributed by atoms with Crippen LogP contribution in [0.4, 0.5) is 0 Å². The third-order valence-corrected chi connectivity index (χ3v) is 3.92. The second-order valence-electron chi connectivity index (χ2n) is 6.42. The molecule has 6 heteroatoms. The Morgan fingerprint density at radius 3 is 2.83 bits per heavy atom. The van der Waals surface area contributed by atoms with Crippen LogP contribution < -0.4 is 5.32 Å². The zero-order chi connectivity index (χ0) is 17.3. The lowest BCUT2D eigenvalue weighted by Crippen LogP contribution is -2.25. The minimum absolute atomic E-state index is 0.0511. The minimum Gasteiger partial charge on any atom is -0.452 e. The Hall–Kier alpha value is -2.63. The highest BCUT2D eigenvalue weighted by Crippen LogP contribution is 2.31. The van der Waals surface area contributed by atoms with E-state index in [1.807, 2.05) is 26.0 Å². The van der Waals surface area contributed by atoms with E-state index in [1.54, 1.807) is 0 Å². The Balaban J connectivity index is 1.83. The van der Waals surface area contributed by atoms with E-state index in [4.69, 9.17) is 8.94 Å². The maximum absolute atomic E-state index is 12.0. The summed E-state index contributed by atoms with van der Waals surface area (Å²) in [6.45, 7) is 8.75. The van der Waals surface area contributed by atoms with E-state index < -0.39 is 0 Å². The molecule has 0 aliphatic heterocycles. The topological polar surface area (TPSA) is 81.2 Å². The third kappa shape index (κ3) is 3.18. The number of hydrogen-bond acceptors (Lipinski definition) is 5. The standard InChI is InChI=1S/C18H21N3O3/c1-10(2)7-8-19-17(22)18-20-16(21-24-18)15-12(4)13-9-11(3)5-6-14(13)23-15/h5-6,9-10H,7-8H2,1-4H3,(H,19,22). The summed E-state index contributed by atoms with van der Waals surface area (Å²) in [5.41, 5.74) is 2.85. The quantitative estimate of drug-likeness (QED) is 0.769. The van der Waals surface area contributed by atoms with Crippen LogP contribution in [0, 0.1) is 19.8 Å². The molecule has 6 nitrogen and oxygen atoms in total. The second-order valence-corrected chi connectivity index (χ2v) is 6.42. The van der Waals surface area contributed by atoms with Gasteiger partial charge in [0.2, 0.25) is 5.82 Å². The number of hydrogen-bond donors (Lipinski definition) is 1. The molecular weight excluding hydrogens is 306 g/mol. The molecule has 1 amide bonds. The summed E-state index contributed by atoms with van der Waals surface area (Å²) in [5, 5.41) is 7.68. The first kappa shape index (κ1) is 16.2. The van der Waals surface area contributed by atoms with Gasteiger partial charge in [0, 0.05) is 17.5 Å². The van der Waals surface area contributed by atoms with E-state index >= 15 is 0 Å². The summed E-state index contributed by atoms with van der Waals surface area (Å²) in [6.07, 6.45) is 0.898. The molecule has 0 aliphatic rings. The molecule has 0 spiro atoms. The first-order valence-electron chi connectivity index (χ1n) is 8.07. The van der Waals surface area contributed by atoms with Crippen LogP contribution in [0.15, 0.2) is 27.1 Å². The number of nitrogens with one attached hydrogen (secondary N) is 1. The van der Waals surface area contributed by atoms with Crippen LogP contribution in [0.1, 0.15) is 42.1 Å². The highest BCUT2D eigenvalue weighted by Gasteiger charge is 2.21. The van der Waals surface area contributed by atoms with Crippen molar-refractivity contribution < 1.29 is 13.7 Å². The number of carbonyl (C=O) groups is 1. The van der Waals surface area contributed by atoms with Crippen molar-refractivity contribution in [3.63, 3.8) is 0 Å². The van der Waals surface area contributed by atoms with Crippen molar-refractivity contribution in [3.8, 4) is 11.6 Å². The number of benzene rings is 1. The first-order valence-corrected chi connectivity index (χ1v) is 8.07. The van der Waals surface area contributed by atoms with E-state index in [1.165, 1.54) is 0 Å². The van der Waals surface area contributed by atoms with Gasteiger partial charge in [-0.25, -0.2) is 0 Å². The summed E-state index contributed by atoms with van der Waals surface area (Å²) in [5.74, 6) is 0.921. The Morgan fingerprint density at radius 1 is 1.29 bits per heavy atom. The number of amides is 1. The second kappa shape index (κ2) is 6.47. The van der Waals surface area contributed by atoms with E-state index in [2.05, 4.69) is 35.4 Å².